The van der Waals surface area contributed by atoms with Gasteiger partial charge in [-0.2, -0.15) is 0 Å². The highest BCUT2D eigenvalue weighted by Crippen LogP contribution is 2.26. The molecule has 0 aromatic heterocycles. The van der Waals surface area contributed by atoms with Crippen LogP contribution in [0.15, 0.2) is 0 Å². The second kappa shape index (κ2) is 8.98. The molecule has 0 bridgehead atoms. The Hall–Kier alpha value is -0.160. The first-order valence-electron chi connectivity index (χ1n) is 8.12. The number of nitrogens with one attached hydrogen (secondary N) is 1. The quantitative estimate of drug-likeness (QED) is 0.609. The molecule has 0 heterocycles. The van der Waals surface area contributed by atoms with Gasteiger partial charge in [0, 0.05) is 25.2 Å². The van der Waals surface area contributed by atoms with Crippen LogP contribution < -0.4 is 5.32 Å². The second-order valence-electron chi connectivity index (χ2n) is 6.83. The summed E-state index contributed by atoms with van der Waals surface area (Å²) < 4.78 is 5.67. The highest BCUT2D eigenvalue weighted by atomic mass is 16.5. The van der Waals surface area contributed by atoms with Crippen LogP contribution in [0.5, 0.6) is 0 Å². The molecule has 2 N–H and O–H groups in total. The Bertz CT molecular complexity index is 257. The molecule has 0 aromatic carbocycles. The Balaban J connectivity index is 2.03. The smallest absolute Gasteiger partial charge is 0.0897 e. The topological polar surface area (TPSA) is 44.7 Å². The third-order valence-electron chi connectivity index (χ3n) is 4.01. The minimum absolute atomic E-state index is 0.226. The average Bonchev–Trinajstić information content (AvgIpc) is 3.18. The molecule has 1 aliphatic rings. The largest absolute Gasteiger partial charge is 0.389 e. The van der Waals surface area contributed by atoms with Gasteiger partial charge in [0.05, 0.1) is 18.8 Å². The lowest BCUT2D eigenvalue weighted by atomic mass is 10.1. The lowest BCUT2D eigenvalue weighted by Crippen LogP contribution is -2.42. The summed E-state index contributed by atoms with van der Waals surface area (Å²) in [4.78, 5) is 2.43. The van der Waals surface area contributed by atoms with E-state index >= 15 is 0 Å². The third kappa shape index (κ3) is 7.58. The van der Waals surface area contributed by atoms with Crippen LogP contribution in [-0.2, 0) is 4.74 Å². The van der Waals surface area contributed by atoms with Crippen LogP contribution in [0.4, 0.5) is 0 Å². The van der Waals surface area contributed by atoms with E-state index in [4.69, 9.17) is 4.74 Å². The number of likely N-dealkylation sites (N-methyl/N-ethyl adjacent to an activating group) is 1. The van der Waals surface area contributed by atoms with E-state index in [0.29, 0.717) is 25.1 Å². The van der Waals surface area contributed by atoms with Crippen LogP contribution in [0, 0.1) is 5.92 Å². The van der Waals surface area contributed by atoms with Gasteiger partial charge in [-0.1, -0.05) is 13.8 Å². The van der Waals surface area contributed by atoms with Crippen LogP contribution in [0.3, 0.4) is 0 Å². The Morgan fingerprint density at radius 2 is 1.85 bits per heavy atom. The number of nitrogens with zero attached hydrogens (tertiary/aromatic N) is 1. The lowest BCUT2D eigenvalue weighted by Gasteiger charge is -2.25. The van der Waals surface area contributed by atoms with Crippen LogP contribution in [0.1, 0.15) is 47.0 Å². The third-order valence-corrected chi connectivity index (χ3v) is 4.01. The zero-order valence-corrected chi connectivity index (χ0v) is 13.9. The molecule has 0 aliphatic heterocycles. The van der Waals surface area contributed by atoms with Gasteiger partial charge in [0.1, 0.15) is 0 Å². The number of hydrogen-bond acceptors (Lipinski definition) is 4. The number of ether oxygens (including phenoxy) is 1. The Morgan fingerprint density at radius 3 is 2.40 bits per heavy atom. The molecule has 20 heavy (non-hydrogen) atoms. The maximum atomic E-state index is 9.90. The monoisotopic (exact) mass is 286 g/mol. The summed E-state index contributed by atoms with van der Waals surface area (Å²) in [6, 6.07) is 1.31. The summed E-state index contributed by atoms with van der Waals surface area (Å²) in [6.45, 7) is 10.6. The van der Waals surface area contributed by atoms with Crippen molar-refractivity contribution in [3.63, 3.8) is 0 Å². The predicted molar refractivity (Wildman–Crippen MR) is 84.0 cm³/mol. The minimum atomic E-state index is -0.414. The average molecular weight is 286 g/mol. The standard InChI is InChI=1S/C16H34N2O2/c1-12(2)8-14(4)20-11-16(19)10-17-9-13(3)18(5)15-6-7-15/h12-17,19H,6-11H2,1-5H3. The van der Waals surface area contributed by atoms with Gasteiger partial charge in [0.15, 0.2) is 0 Å². The molecule has 0 aromatic rings. The number of rotatable bonds is 11. The zero-order valence-electron chi connectivity index (χ0n) is 13.9. The predicted octanol–water partition coefficient (Wildman–Crippen LogP) is 1.87. The van der Waals surface area contributed by atoms with Crippen molar-refractivity contribution in [2.24, 2.45) is 5.92 Å². The number of aliphatic hydroxyl groups is 1. The SMILES string of the molecule is CC(C)CC(C)OCC(O)CNCC(C)N(C)C1CC1. The van der Waals surface area contributed by atoms with E-state index in [2.05, 4.69) is 45.0 Å². The van der Waals surface area contributed by atoms with Crippen molar-refractivity contribution in [3.05, 3.63) is 0 Å². The molecule has 0 radical (unpaired) electrons. The van der Waals surface area contributed by atoms with Gasteiger partial charge in [0.2, 0.25) is 0 Å². The fraction of sp³-hybridized carbons (Fsp3) is 1.00. The fourth-order valence-corrected chi connectivity index (χ4v) is 2.51. The van der Waals surface area contributed by atoms with Crippen molar-refractivity contribution in [1.29, 1.82) is 0 Å². The van der Waals surface area contributed by atoms with E-state index in [0.717, 1.165) is 19.0 Å². The molecule has 1 rings (SSSR count). The molecule has 1 saturated carbocycles. The molecule has 4 heteroatoms. The van der Waals surface area contributed by atoms with Crippen molar-refractivity contribution in [2.45, 2.75) is 71.2 Å². The maximum absolute atomic E-state index is 9.90. The highest BCUT2D eigenvalue weighted by Gasteiger charge is 2.28. The first kappa shape index (κ1) is 17.9. The molecule has 1 fully saturated rings. The Kier molecular flexibility index (Phi) is 8.03. The number of hydrogen-bond donors (Lipinski definition) is 2. The summed E-state index contributed by atoms with van der Waals surface area (Å²) in [5.74, 6) is 0.638. The molecule has 0 saturated heterocycles. The molecule has 120 valence electrons. The normalized spacial score (nSPS) is 20.4. The molecule has 1 aliphatic carbocycles. The molecular formula is C16H34N2O2. The van der Waals surface area contributed by atoms with E-state index in [1.54, 1.807) is 0 Å². The maximum Gasteiger partial charge on any atom is 0.0897 e. The van der Waals surface area contributed by atoms with Crippen molar-refractivity contribution in [1.82, 2.24) is 10.2 Å². The first-order chi connectivity index (χ1) is 9.40. The van der Waals surface area contributed by atoms with Crippen LogP contribution in [0.25, 0.3) is 0 Å². The van der Waals surface area contributed by atoms with Gasteiger partial charge < -0.3 is 15.2 Å². The summed E-state index contributed by atoms with van der Waals surface area (Å²) in [5.41, 5.74) is 0. The minimum Gasteiger partial charge on any atom is -0.389 e. The van der Waals surface area contributed by atoms with Gasteiger partial charge in [0.25, 0.3) is 0 Å². The molecular weight excluding hydrogens is 252 g/mol. The Labute approximate surface area is 124 Å². The molecule has 3 atom stereocenters. The summed E-state index contributed by atoms with van der Waals surface area (Å²) >= 11 is 0. The Morgan fingerprint density at radius 1 is 1.20 bits per heavy atom. The van der Waals surface area contributed by atoms with Crippen LogP contribution >= 0.6 is 0 Å². The molecule has 3 unspecified atom stereocenters. The van der Waals surface area contributed by atoms with Crippen LogP contribution in [-0.4, -0.2) is 61.0 Å². The zero-order chi connectivity index (χ0) is 15.1. The van der Waals surface area contributed by atoms with Gasteiger partial charge in [-0.25, -0.2) is 0 Å². The van der Waals surface area contributed by atoms with E-state index in [9.17, 15) is 5.11 Å². The number of aliphatic hydroxyl groups excluding tert-OH is 1. The fourth-order valence-electron chi connectivity index (χ4n) is 2.51. The van der Waals surface area contributed by atoms with E-state index < -0.39 is 6.10 Å². The summed E-state index contributed by atoms with van der Waals surface area (Å²) in [5, 5.41) is 13.2. The first-order valence-corrected chi connectivity index (χ1v) is 8.12. The van der Waals surface area contributed by atoms with Gasteiger partial charge >= 0.3 is 0 Å². The molecule has 0 amide bonds. The molecule has 0 spiro atoms. The van der Waals surface area contributed by atoms with Gasteiger partial charge in [-0.05, 0) is 46.1 Å². The van der Waals surface area contributed by atoms with Gasteiger partial charge in [-0.3, -0.25) is 4.90 Å². The molecule has 4 nitrogen and oxygen atoms in total. The summed E-state index contributed by atoms with van der Waals surface area (Å²) in [6.07, 6.45) is 3.53. The second-order valence-corrected chi connectivity index (χ2v) is 6.83. The lowest BCUT2D eigenvalue weighted by molar-refractivity contribution is -0.00881. The van der Waals surface area contributed by atoms with E-state index in [1.165, 1.54) is 12.8 Å². The summed E-state index contributed by atoms with van der Waals surface area (Å²) in [7, 11) is 2.19. The van der Waals surface area contributed by atoms with Crippen molar-refractivity contribution in [2.75, 3.05) is 26.7 Å². The van der Waals surface area contributed by atoms with Crippen LogP contribution in [0.2, 0.25) is 0 Å². The van der Waals surface area contributed by atoms with Crippen molar-refractivity contribution >= 4 is 0 Å². The van der Waals surface area contributed by atoms with Gasteiger partial charge in [-0.15, -0.1) is 0 Å². The van der Waals surface area contributed by atoms with E-state index in [-0.39, 0.29) is 6.10 Å². The van der Waals surface area contributed by atoms with E-state index in [1.807, 2.05) is 0 Å². The van der Waals surface area contributed by atoms with Crippen molar-refractivity contribution < 1.29 is 9.84 Å². The van der Waals surface area contributed by atoms with Crippen molar-refractivity contribution in [3.8, 4) is 0 Å². The highest BCUT2D eigenvalue weighted by molar-refractivity contribution is 4.85.